The first kappa shape index (κ1) is 20.9. The van der Waals surface area contributed by atoms with Gasteiger partial charge in [-0.25, -0.2) is 0 Å². The number of carbonyl (C=O) groups excluding carboxylic acids is 1. The fourth-order valence-corrected chi connectivity index (χ4v) is 3.00. The molecular weight excluding hydrogens is 390 g/mol. The van der Waals surface area contributed by atoms with E-state index in [1.54, 1.807) is 51.7 Å². The number of benzene rings is 2. The zero-order valence-corrected chi connectivity index (χ0v) is 17.1. The van der Waals surface area contributed by atoms with Crippen LogP contribution < -0.4 is 24.3 Å². The van der Waals surface area contributed by atoms with E-state index in [-0.39, 0.29) is 11.7 Å². The summed E-state index contributed by atoms with van der Waals surface area (Å²) in [5.41, 5.74) is 1.35. The van der Waals surface area contributed by atoms with Crippen LogP contribution in [0.5, 0.6) is 23.0 Å². The molecule has 1 amide bonds. The lowest BCUT2D eigenvalue weighted by molar-refractivity contribution is -0.117. The van der Waals surface area contributed by atoms with Crippen molar-refractivity contribution in [3.8, 4) is 23.0 Å². The molecule has 0 bridgehead atoms. The van der Waals surface area contributed by atoms with Gasteiger partial charge in [-0.05, 0) is 30.2 Å². The van der Waals surface area contributed by atoms with Crippen LogP contribution in [0.25, 0.3) is 0 Å². The van der Waals surface area contributed by atoms with E-state index < -0.39 is 5.92 Å². The van der Waals surface area contributed by atoms with Gasteiger partial charge in [0.05, 0.1) is 28.4 Å². The predicted octanol–water partition coefficient (Wildman–Crippen LogP) is 2.20. The molecule has 30 heavy (non-hydrogen) atoms. The van der Waals surface area contributed by atoms with Crippen molar-refractivity contribution >= 4 is 11.6 Å². The van der Waals surface area contributed by atoms with Crippen molar-refractivity contribution in [3.63, 3.8) is 0 Å². The van der Waals surface area contributed by atoms with Crippen LogP contribution in [0.2, 0.25) is 0 Å². The third kappa shape index (κ3) is 4.59. The molecule has 10 nitrogen and oxygen atoms in total. The highest BCUT2D eigenvalue weighted by molar-refractivity contribution is 5.95. The number of aromatic amines is 1. The molecule has 0 aliphatic heterocycles. The number of amides is 1. The molecule has 2 N–H and O–H groups in total. The van der Waals surface area contributed by atoms with Gasteiger partial charge in [0.15, 0.2) is 17.3 Å². The lowest BCUT2D eigenvalue weighted by atomic mass is 9.96. The van der Waals surface area contributed by atoms with Crippen LogP contribution >= 0.6 is 0 Å². The lowest BCUT2D eigenvalue weighted by Gasteiger charge is -2.17. The standard InChI is InChI=1S/C20H23N5O5/c1-27-14-7-5-12(17(11-14)29-3)9-15(19-22-24-25-23-19)20(26)21-13-6-8-16(28-2)18(10-13)30-4/h5-8,10-11,15H,9H2,1-4H3,(H,21,26)(H,22,23,24,25)/t15-/m1/s1. The second-order valence-electron chi connectivity index (χ2n) is 6.26. The van der Waals surface area contributed by atoms with Gasteiger partial charge in [-0.1, -0.05) is 11.3 Å². The first-order valence-corrected chi connectivity index (χ1v) is 9.06. The Hall–Kier alpha value is -3.82. The molecule has 3 aromatic rings. The van der Waals surface area contributed by atoms with Crippen LogP contribution in [0.4, 0.5) is 5.69 Å². The maximum atomic E-state index is 13.1. The summed E-state index contributed by atoms with van der Waals surface area (Å²) in [4.78, 5) is 13.1. The number of carbonyl (C=O) groups is 1. The highest BCUT2D eigenvalue weighted by Gasteiger charge is 2.27. The number of nitrogens with zero attached hydrogens (tertiary/aromatic N) is 3. The molecule has 0 saturated heterocycles. The van der Waals surface area contributed by atoms with Crippen LogP contribution in [-0.4, -0.2) is 55.0 Å². The van der Waals surface area contributed by atoms with E-state index in [9.17, 15) is 4.79 Å². The van der Waals surface area contributed by atoms with Gasteiger partial charge in [0.1, 0.15) is 17.4 Å². The SMILES string of the molecule is COc1ccc(C[C@@H](C(=O)Nc2ccc(OC)c(OC)c2)c2nn[nH]n2)c(OC)c1. The lowest BCUT2D eigenvalue weighted by Crippen LogP contribution is -2.24. The monoisotopic (exact) mass is 413 g/mol. The van der Waals surface area contributed by atoms with Crippen molar-refractivity contribution in [2.24, 2.45) is 0 Å². The Balaban J connectivity index is 1.87. The van der Waals surface area contributed by atoms with E-state index in [1.165, 1.54) is 7.11 Å². The maximum absolute atomic E-state index is 13.1. The summed E-state index contributed by atoms with van der Waals surface area (Å²) in [5.74, 6) is 1.58. The Bertz CT molecular complexity index is 993. The molecule has 1 atom stereocenters. The van der Waals surface area contributed by atoms with Gasteiger partial charge in [-0.2, -0.15) is 5.21 Å². The van der Waals surface area contributed by atoms with E-state index >= 15 is 0 Å². The molecule has 158 valence electrons. The molecule has 10 heteroatoms. The molecule has 0 saturated carbocycles. The molecule has 0 spiro atoms. The second kappa shape index (κ2) is 9.59. The number of H-pyrrole nitrogens is 1. The molecule has 2 aromatic carbocycles. The van der Waals surface area contributed by atoms with E-state index in [2.05, 4.69) is 25.9 Å². The summed E-state index contributed by atoms with van der Waals surface area (Å²) in [6.07, 6.45) is 0.297. The Labute approximate surface area is 173 Å². The minimum atomic E-state index is -0.709. The first-order valence-electron chi connectivity index (χ1n) is 9.06. The predicted molar refractivity (Wildman–Crippen MR) is 108 cm³/mol. The number of methoxy groups -OCH3 is 4. The molecule has 1 aromatic heterocycles. The van der Waals surface area contributed by atoms with Crippen LogP contribution in [0, 0.1) is 0 Å². The quantitative estimate of drug-likeness (QED) is 0.548. The second-order valence-corrected chi connectivity index (χ2v) is 6.26. The van der Waals surface area contributed by atoms with Crippen molar-refractivity contribution in [1.82, 2.24) is 20.6 Å². The van der Waals surface area contributed by atoms with Crippen molar-refractivity contribution in [1.29, 1.82) is 0 Å². The first-order chi connectivity index (χ1) is 14.6. The maximum Gasteiger partial charge on any atom is 0.235 e. The Morgan fingerprint density at radius 1 is 0.967 bits per heavy atom. The van der Waals surface area contributed by atoms with Gasteiger partial charge in [0.2, 0.25) is 5.91 Å². The van der Waals surface area contributed by atoms with Crippen molar-refractivity contribution in [3.05, 3.63) is 47.8 Å². The largest absolute Gasteiger partial charge is 0.497 e. The zero-order valence-electron chi connectivity index (χ0n) is 17.1. The van der Waals surface area contributed by atoms with Gasteiger partial charge in [-0.15, -0.1) is 10.2 Å². The normalized spacial score (nSPS) is 11.5. The Morgan fingerprint density at radius 3 is 2.37 bits per heavy atom. The minimum Gasteiger partial charge on any atom is -0.497 e. The molecule has 0 aliphatic rings. The zero-order chi connectivity index (χ0) is 21.5. The van der Waals surface area contributed by atoms with Gasteiger partial charge in [0.25, 0.3) is 0 Å². The number of hydrogen-bond donors (Lipinski definition) is 2. The highest BCUT2D eigenvalue weighted by atomic mass is 16.5. The molecule has 1 heterocycles. The number of nitrogens with one attached hydrogen (secondary N) is 2. The Kier molecular flexibility index (Phi) is 6.68. The number of anilines is 1. The summed E-state index contributed by atoms with van der Waals surface area (Å²) in [6.45, 7) is 0. The summed E-state index contributed by atoms with van der Waals surface area (Å²) in [5, 5.41) is 16.9. The third-order valence-electron chi connectivity index (χ3n) is 4.56. The summed E-state index contributed by atoms with van der Waals surface area (Å²) >= 11 is 0. The average Bonchev–Trinajstić information content (AvgIpc) is 3.31. The van der Waals surface area contributed by atoms with E-state index in [1.807, 2.05) is 6.07 Å². The number of tetrazole rings is 1. The van der Waals surface area contributed by atoms with Crippen LogP contribution in [0.1, 0.15) is 17.3 Å². The van der Waals surface area contributed by atoms with Gasteiger partial charge in [0, 0.05) is 17.8 Å². The average molecular weight is 413 g/mol. The molecular formula is C20H23N5O5. The van der Waals surface area contributed by atoms with Crippen molar-refractivity contribution < 1.29 is 23.7 Å². The van der Waals surface area contributed by atoms with Gasteiger partial charge >= 0.3 is 0 Å². The smallest absolute Gasteiger partial charge is 0.235 e. The molecule has 0 fully saturated rings. The van der Waals surface area contributed by atoms with Crippen molar-refractivity contribution in [2.75, 3.05) is 33.8 Å². The topological polar surface area (TPSA) is 120 Å². The molecule has 3 rings (SSSR count). The van der Waals surface area contributed by atoms with E-state index in [0.717, 1.165) is 5.56 Å². The summed E-state index contributed by atoms with van der Waals surface area (Å²) < 4.78 is 21.2. The van der Waals surface area contributed by atoms with E-state index in [4.69, 9.17) is 18.9 Å². The van der Waals surface area contributed by atoms with E-state index in [0.29, 0.717) is 35.1 Å². The van der Waals surface area contributed by atoms with Gasteiger partial charge in [-0.3, -0.25) is 4.79 Å². The third-order valence-corrected chi connectivity index (χ3v) is 4.56. The molecule has 0 radical (unpaired) electrons. The molecule has 0 unspecified atom stereocenters. The van der Waals surface area contributed by atoms with Crippen LogP contribution in [0.3, 0.4) is 0 Å². The fourth-order valence-electron chi connectivity index (χ4n) is 3.00. The van der Waals surface area contributed by atoms with Crippen molar-refractivity contribution in [2.45, 2.75) is 12.3 Å². The van der Waals surface area contributed by atoms with Crippen LogP contribution in [-0.2, 0) is 11.2 Å². The minimum absolute atomic E-state index is 0.269. The highest BCUT2D eigenvalue weighted by Crippen LogP contribution is 2.32. The van der Waals surface area contributed by atoms with Gasteiger partial charge < -0.3 is 24.3 Å². The molecule has 0 aliphatic carbocycles. The number of rotatable bonds is 9. The fraction of sp³-hybridized carbons (Fsp3) is 0.300. The summed E-state index contributed by atoms with van der Waals surface area (Å²) in [7, 11) is 6.21. The number of aromatic nitrogens is 4. The summed E-state index contributed by atoms with van der Waals surface area (Å²) in [6, 6.07) is 10.5. The van der Waals surface area contributed by atoms with Crippen LogP contribution in [0.15, 0.2) is 36.4 Å². The number of ether oxygens (including phenoxy) is 4. The Morgan fingerprint density at radius 2 is 1.73 bits per heavy atom. The number of hydrogen-bond acceptors (Lipinski definition) is 8.